The number of nitrogens with one attached hydrogen (secondary N) is 1. The molecule has 2 heterocycles. The van der Waals surface area contributed by atoms with Gasteiger partial charge < -0.3 is 5.32 Å². The van der Waals surface area contributed by atoms with E-state index in [-0.39, 0.29) is 0 Å². The van der Waals surface area contributed by atoms with Crippen LogP contribution in [-0.4, -0.2) is 38.7 Å². The fourth-order valence-electron chi connectivity index (χ4n) is 3.40. The largest absolute Gasteiger partial charge is 0.317 e. The standard InChI is InChI=1S/C18H17ClN4.C10H15N/c1-2-5-16-12-17(15-7-3-6-14(13-19)8-9-15)22-23(16)18-20-10-4-11-21-18;1-2-11-9-8-10-6-4-3-5-7-10/h4,6-12H,2,5,13H2,1H3;3-7,11H,2,8-9H2,1H3. The van der Waals surface area contributed by atoms with Crippen LogP contribution in [0.3, 0.4) is 0 Å². The maximum Gasteiger partial charge on any atom is 0.250 e. The van der Waals surface area contributed by atoms with Crippen molar-refractivity contribution in [3.8, 4) is 5.95 Å². The van der Waals surface area contributed by atoms with E-state index in [1.165, 1.54) is 5.56 Å². The van der Waals surface area contributed by atoms with Crippen molar-refractivity contribution in [1.29, 1.82) is 0 Å². The maximum atomic E-state index is 5.88. The number of hydrogen-bond donors (Lipinski definition) is 1. The number of benzene rings is 1. The second-order valence-corrected chi connectivity index (χ2v) is 8.04. The highest BCUT2D eigenvalue weighted by atomic mass is 35.5. The van der Waals surface area contributed by atoms with Crippen LogP contribution >= 0.6 is 11.6 Å². The minimum atomic E-state index is 0.470. The molecule has 0 unspecified atom stereocenters. The monoisotopic (exact) mass is 473 g/mol. The van der Waals surface area contributed by atoms with Crippen LogP contribution in [0.25, 0.3) is 11.5 Å². The molecular formula is C28H32ClN5. The lowest BCUT2D eigenvalue weighted by molar-refractivity contribution is 0.716. The van der Waals surface area contributed by atoms with Crippen LogP contribution in [-0.2, 0) is 12.8 Å². The summed E-state index contributed by atoms with van der Waals surface area (Å²) in [5, 5.41) is 7.99. The second-order valence-electron chi connectivity index (χ2n) is 7.77. The van der Waals surface area contributed by atoms with Gasteiger partial charge in [-0.2, -0.15) is 5.10 Å². The van der Waals surface area contributed by atoms with Crippen LogP contribution in [0.1, 0.15) is 37.2 Å². The van der Waals surface area contributed by atoms with Gasteiger partial charge in [0.1, 0.15) is 0 Å². The number of hydrogen-bond acceptors (Lipinski definition) is 4. The number of aryl methyl sites for hydroxylation is 1. The van der Waals surface area contributed by atoms with Gasteiger partial charge >= 0.3 is 0 Å². The Labute approximate surface area is 207 Å². The highest BCUT2D eigenvalue weighted by Crippen LogP contribution is 2.21. The molecule has 0 spiro atoms. The molecule has 1 aromatic carbocycles. The van der Waals surface area contributed by atoms with Crippen LogP contribution in [0.5, 0.6) is 0 Å². The lowest BCUT2D eigenvalue weighted by Crippen LogP contribution is -2.15. The molecule has 0 fully saturated rings. The molecule has 1 aliphatic carbocycles. The molecule has 2 aromatic heterocycles. The molecule has 0 saturated heterocycles. The lowest BCUT2D eigenvalue weighted by Gasteiger charge is -2.03. The Kier molecular flexibility index (Phi) is 10.5. The summed E-state index contributed by atoms with van der Waals surface area (Å²) >= 11 is 5.88. The first-order chi connectivity index (χ1) is 16.7. The molecule has 6 heteroatoms. The van der Waals surface area contributed by atoms with Crippen molar-refractivity contribution in [2.24, 2.45) is 0 Å². The van der Waals surface area contributed by atoms with E-state index in [9.17, 15) is 0 Å². The van der Waals surface area contributed by atoms with E-state index in [0.29, 0.717) is 11.8 Å². The number of aromatic nitrogens is 4. The molecule has 0 atom stereocenters. The molecule has 0 bridgehead atoms. The highest BCUT2D eigenvalue weighted by molar-refractivity contribution is 6.19. The summed E-state index contributed by atoms with van der Waals surface area (Å²) in [6, 6.07) is 14.4. The van der Waals surface area contributed by atoms with Crippen molar-refractivity contribution in [2.75, 3.05) is 19.0 Å². The summed E-state index contributed by atoms with van der Waals surface area (Å²) in [5.74, 6) is 1.06. The third-order valence-corrected chi connectivity index (χ3v) is 5.46. The Morgan fingerprint density at radius 1 is 0.971 bits per heavy atom. The molecule has 176 valence electrons. The molecule has 3 aromatic rings. The Morgan fingerprint density at radius 3 is 2.47 bits per heavy atom. The average Bonchev–Trinajstić information content (AvgIpc) is 3.15. The number of alkyl halides is 1. The summed E-state index contributed by atoms with van der Waals surface area (Å²) in [7, 11) is 0. The minimum Gasteiger partial charge on any atom is -0.317 e. The van der Waals surface area contributed by atoms with Crippen molar-refractivity contribution in [2.45, 2.75) is 33.1 Å². The van der Waals surface area contributed by atoms with E-state index >= 15 is 0 Å². The molecule has 5 nitrogen and oxygen atoms in total. The van der Waals surface area contributed by atoms with Crippen molar-refractivity contribution < 1.29 is 0 Å². The third-order valence-electron chi connectivity index (χ3n) is 5.15. The molecule has 34 heavy (non-hydrogen) atoms. The van der Waals surface area contributed by atoms with Gasteiger partial charge in [0.2, 0.25) is 0 Å². The van der Waals surface area contributed by atoms with Gasteiger partial charge in [0, 0.05) is 29.5 Å². The minimum absolute atomic E-state index is 0.470. The first kappa shape index (κ1) is 25.4. The Hall–Kier alpha value is -3.24. The van der Waals surface area contributed by atoms with Gasteiger partial charge in [-0.05, 0) is 61.4 Å². The van der Waals surface area contributed by atoms with Gasteiger partial charge in [-0.3, -0.25) is 0 Å². The van der Waals surface area contributed by atoms with E-state index in [4.69, 9.17) is 16.7 Å². The predicted molar refractivity (Wildman–Crippen MR) is 141 cm³/mol. The first-order valence-corrected chi connectivity index (χ1v) is 12.3. The summed E-state index contributed by atoms with van der Waals surface area (Å²) in [4.78, 5) is 8.61. The van der Waals surface area contributed by atoms with Crippen LogP contribution in [0.2, 0.25) is 0 Å². The lowest BCUT2D eigenvalue weighted by atomic mass is 10.1. The molecule has 1 aliphatic rings. The van der Waals surface area contributed by atoms with Gasteiger partial charge in [-0.1, -0.05) is 62.8 Å². The number of nitrogens with zero attached hydrogens (tertiary/aromatic N) is 4. The van der Waals surface area contributed by atoms with E-state index in [2.05, 4.69) is 71.3 Å². The maximum absolute atomic E-state index is 5.88. The van der Waals surface area contributed by atoms with E-state index in [1.54, 1.807) is 18.5 Å². The van der Waals surface area contributed by atoms with Crippen LogP contribution in [0.4, 0.5) is 0 Å². The van der Waals surface area contributed by atoms with Crippen molar-refractivity contribution in [1.82, 2.24) is 25.1 Å². The SMILES string of the molecule is CCCc1cc(C2=CC=C(CCl)C=C=C2)nn1-c1ncccn1.CCNCCc1ccccc1. The van der Waals surface area contributed by atoms with Crippen molar-refractivity contribution in [3.05, 3.63) is 107 Å². The van der Waals surface area contributed by atoms with Crippen LogP contribution in [0, 0.1) is 0 Å². The Balaban J connectivity index is 0.000000248. The third kappa shape index (κ3) is 7.67. The average molecular weight is 474 g/mol. The van der Waals surface area contributed by atoms with Crippen LogP contribution in [0.15, 0.2) is 90.5 Å². The Bertz CT molecular complexity index is 1140. The zero-order valence-electron chi connectivity index (χ0n) is 19.9. The Morgan fingerprint density at radius 2 is 1.76 bits per heavy atom. The van der Waals surface area contributed by atoms with Gasteiger partial charge in [0.25, 0.3) is 5.95 Å². The van der Waals surface area contributed by atoms with E-state index < -0.39 is 0 Å². The summed E-state index contributed by atoms with van der Waals surface area (Å²) in [6.45, 7) is 6.42. The molecule has 0 radical (unpaired) electrons. The van der Waals surface area contributed by atoms with Gasteiger partial charge in [-0.25, -0.2) is 14.6 Å². The summed E-state index contributed by atoms with van der Waals surface area (Å²) in [5.41, 5.74) is 8.55. The zero-order valence-corrected chi connectivity index (χ0v) is 20.7. The zero-order chi connectivity index (χ0) is 24.0. The van der Waals surface area contributed by atoms with E-state index in [1.807, 2.05) is 29.0 Å². The molecule has 1 N–H and O–H groups in total. The molecule has 0 aliphatic heterocycles. The fraction of sp³-hybridized carbons (Fsp3) is 0.286. The fourth-order valence-corrected chi connectivity index (χ4v) is 3.56. The molecule has 0 saturated carbocycles. The van der Waals surface area contributed by atoms with Crippen molar-refractivity contribution >= 4 is 17.2 Å². The first-order valence-electron chi connectivity index (χ1n) is 11.8. The number of likely N-dealkylation sites (N-methyl/N-ethyl adjacent to an activating group) is 1. The number of halogens is 1. The number of rotatable bonds is 9. The molecule has 4 rings (SSSR count). The quantitative estimate of drug-likeness (QED) is 0.245. The van der Waals surface area contributed by atoms with E-state index in [0.717, 1.165) is 54.9 Å². The topological polar surface area (TPSA) is 55.6 Å². The smallest absolute Gasteiger partial charge is 0.250 e. The molecule has 0 amide bonds. The van der Waals surface area contributed by atoms with Gasteiger partial charge in [-0.15, -0.1) is 17.3 Å². The second kappa shape index (κ2) is 14.1. The number of allylic oxidation sites excluding steroid dienone is 5. The summed E-state index contributed by atoms with van der Waals surface area (Å²) in [6.07, 6.45) is 14.4. The van der Waals surface area contributed by atoms with Gasteiger partial charge in [0.15, 0.2) is 0 Å². The highest BCUT2D eigenvalue weighted by Gasteiger charge is 2.13. The molecular weight excluding hydrogens is 442 g/mol. The summed E-state index contributed by atoms with van der Waals surface area (Å²) < 4.78 is 1.81. The normalized spacial score (nSPS) is 12.4. The predicted octanol–water partition coefficient (Wildman–Crippen LogP) is 5.73. The van der Waals surface area contributed by atoms with Gasteiger partial charge in [0.05, 0.1) is 5.69 Å². The van der Waals surface area contributed by atoms with Crippen molar-refractivity contribution in [3.63, 3.8) is 0 Å². The van der Waals surface area contributed by atoms with Crippen LogP contribution < -0.4 is 5.32 Å².